The number of amides is 1. The van der Waals surface area contributed by atoms with Crippen molar-refractivity contribution in [3.8, 4) is 0 Å². The number of aryl methyl sites for hydroxylation is 1. The van der Waals surface area contributed by atoms with Gasteiger partial charge in [0.1, 0.15) is 5.78 Å². The summed E-state index contributed by atoms with van der Waals surface area (Å²) in [5.41, 5.74) is 7.49. The molecule has 1 heterocycles. The molecule has 1 amide bonds. The molecular formula is C26H38N2O5S. The van der Waals surface area contributed by atoms with Crippen LogP contribution in [-0.4, -0.2) is 71.0 Å². The number of esters is 1. The highest BCUT2D eigenvalue weighted by Gasteiger charge is 2.28. The van der Waals surface area contributed by atoms with Gasteiger partial charge in [-0.05, 0) is 37.5 Å². The number of thioether (sulfide) groups is 1. The van der Waals surface area contributed by atoms with Crippen LogP contribution in [0, 0.1) is 6.92 Å². The molecule has 8 heteroatoms. The summed E-state index contributed by atoms with van der Waals surface area (Å²) in [6.45, 7) is 3.05. The molecule has 1 aliphatic heterocycles. The molecule has 1 fully saturated rings. The topological polar surface area (TPSA) is 110 Å². The van der Waals surface area contributed by atoms with E-state index in [1.807, 2.05) is 42.2 Å². The maximum atomic E-state index is 12.3. The fourth-order valence-electron chi connectivity index (χ4n) is 3.82. The average Bonchev–Trinajstić information content (AvgIpc) is 3.17. The Bertz CT molecular complexity index is 829. The van der Waals surface area contributed by atoms with Gasteiger partial charge in [-0.1, -0.05) is 42.0 Å². The number of unbranched alkanes of at least 4 members (excludes halogenated alkanes) is 1. The summed E-state index contributed by atoms with van der Waals surface area (Å²) in [4.78, 5) is 36.8. The molecule has 0 radical (unpaired) electrons. The molecule has 188 valence electrons. The molecular weight excluding hydrogens is 452 g/mol. The summed E-state index contributed by atoms with van der Waals surface area (Å²) >= 11 is 1.78. The van der Waals surface area contributed by atoms with E-state index >= 15 is 0 Å². The van der Waals surface area contributed by atoms with Crippen molar-refractivity contribution >= 4 is 29.4 Å². The van der Waals surface area contributed by atoms with Crippen molar-refractivity contribution < 1.29 is 24.2 Å². The Hall–Kier alpha value is -2.16. The number of ketones is 1. The van der Waals surface area contributed by atoms with Gasteiger partial charge < -0.3 is 20.5 Å². The van der Waals surface area contributed by atoms with E-state index in [2.05, 4.69) is 6.07 Å². The molecule has 0 spiro atoms. The van der Waals surface area contributed by atoms with Gasteiger partial charge in [-0.15, -0.1) is 0 Å². The first-order chi connectivity index (χ1) is 16.4. The van der Waals surface area contributed by atoms with Gasteiger partial charge in [0.05, 0.1) is 31.7 Å². The number of benzene rings is 1. The van der Waals surface area contributed by atoms with Crippen LogP contribution in [0.15, 0.2) is 36.4 Å². The van der Waals surface area contributed by atoms with E-state index in [1.54, 1.807) is 11.8 Å². The zero-order valence-corrected chi connectivity index (χ0v) is 20.9. The first-order valence-electron chi connectivity index (χ1n) is 12.1. The molecule has 0 saturated carbocycles. The maximum Gasteiger partial charge on any atom is 0.306 e. The zero-order chi connectivity index (χ0) is 24.8. The molecule has 1 aliphatic rings. The van der Waals surface area contributed by atoms with E-state index in [4.69, 9.17) is 10.5 Å². The number of nitrogens with two attached hydrogens (primary N) is 1. The van der Waals surface area contributed by atoms with Crippen LogP contribution in [-0.2, 0) is 25.5 Å². The number of ether oxygens (including phenoxy) is 1. The van der Waals surface area contributed by atoms with Gasteiger partial charge in [-0.3, -0.25) is 14.4 Å². The number of rotatable bonds is 16. The number of hydrogen-bond donors (Lipinski definition) is 2. The standard InChI is InChI=1S/C26H38N2O5S/c1-20-5-4-6-21(17-20)18-23(29)9-7-22-8-11-25(31)28(22)13-16-34-15-3-2-14-33-26(32)12-10-24(30)19-27/h4-7,9,17,22-23,29H,2-3,8,10-16,18-19,27H2,1H3/b9-7+/t22-,23+/m0/s1. The molecule has 1 aromatic carbocycles. The molecule has 7 nitrogen and oxygen atoms in total. The maximum absolute atomic E-state index is 12.3. The van der Waals surface area contributed by atoms with Crippen molar-refractivity contribution in [3.63, 3.8) is 0 Å². The van der Waals surface area contributed by atoms with Gasteiger partial charge in [0.15, 0.2) is 0 Å². The van der Waals surface area contributed by atoms with Gasteiger partial charge in [0.2, 0.25) is 5.91 Å². The van der Waals surface area contributed by atoms with E-state index in [9.17, 15) is 19.5 Å². The van der Waals surface area contributed by atoms with Gasteiger partial charge in [0.25, 0.3) is 0 Å². The second-order valence-electron chi connectivity index (χ2n) is 8.62. The van der Waals surface area contributed by atoms with Crippen LogP contribution in [0.25, 0.3) is 0 Å². The number of hydrogen-bond acceptors (Lipinski definition) is 7. The minimum atomic E-state index is -0.566. The number of aliphatic hydroxyl groups is 1. The van der Waals surface area contributed by atoms with Crippen molar-refractivity contribution in [2.45, 2.75) is 64.0 Å². The highest BCUT2D eigenvalue weighted by Crippen LogP contribution is 2.21. The Balaban J connectivity index is 1.59. The lowest BCUT2D eigenvalue weighted by atomic mass is 10.0. The fourth-order valence-corrected chi connectivity index (χ4v) is 4.76. The first-order valence-corrected chi connectivity index (χ1v) is 13.2. The zero-order valence-electron chi connectivity index (χ0n) is 20.1. The van der Waals surface area contributed by atoms with Gasteiger partial charge in [-0.25, -0.2) is 0 Å². The summed E-state index contributed by atoms with van der Waals surface area (Å²) < 4.78 is 5.12. The molecule has 3 N–H and O–H groups in total. The van der Waals surface area contributed by atoms with E-state index in [0.29, 0.717) is 26.0 Å². The molecule has 1 aromatic rings. The van der Waals surface area contributed by atoms with Crippen molar-refractivity contribution in [1.82, 2.24) is 4.90 Å². The third-order valence-corrected chi connectivity index (χ3v) is 6.76. The lowest BCUT2D eigenvalue weighted by Crippen LogP contribution is -2.34. The third-order valence-electron chi connectivity index (χ3n) is 5.72. The van der Waals surface area contributed by atoms with Crippen LogP contribution in [0.1, 0.15) is 49.7 Å². The van der Waals surface area contributed by atoms with Crippen LogP contribution in [0.2, 0.25) is 0 Å². The van der Waals surface area contributed by atoms with Crippen molar-refractivity contribution in [2.24, 2.45) is 5.73 Å². The molecule has 0 aromatic heterocycles. The highest BCUT2D eigenvalue weighted by atomic mass is 32.2. The Morgan fingerprint density at radius 3 is 2.88 bits per heavy atom. The summed E-state index contributed by atoms with van der Waals surface area (Å²) in [5.74, 6) is 1.46. The van der Waals surface area contributed by atoms with Gasteiger partial charge in [-0.2, -0.15) is 11.8 Å². The van der Waals surface area contributed by atoms with Crippen LogP contribution in [0.4, 0.5) is 0 Å². The van der Waals surface area contributed by atoms with Gasteiger partial charge in [0, 0.05) is 31.6 Å². The third kappa shape index (κ3) is 10.8. The summed E-state index contributed by atoms with van der Waals surface area (Å²) in [6, 6.07) is 8.18. The lowest BCUT2D eigenvalue weighted by Gasteiger charge is -2.22. The predicted octanol–water partition coefficient (Wildman–Crippen LogP) is 2.81. The summed E-state index contributed by atoms with van der Waals surface area (Å²) in [5, 5.41) is 10.4. The van der Waals surface area contributed by atoms with Crippen LogP contribution in [0.3, 0.4) is 0 Å². The monoisotopic (exact) mass is 490 g/mol. The minimum Gasteiger partial charge on any atom is -0.466 e. The summed E-state index contributed by atoms with van der Waals surface area (Å²) in [6.07, 6.45) is 7.06. The van der Waals surface area contributed by atoms with Gasteiger partial charge >= 0.3 is 5.97 Å². The molecule has 0 aliphatic carbocycles. The lowest BCUT2D eigenvalue weighted by molar-refractivity contribution is -0.144. The van der Waals surface area contributed by atoms with E-state index in [0.717, 1.165) is 36.3 Å². The average molecular weight is 491 g/mol. The normalized spacial score (nSPS) is 16.9. The number of Topliss-reactive ketones (excluding diaryl/α,β-unsaturated/α-hetero) is 1. The van der Waals surface area contributed by atoms with Crippen LogP contribution >= 0.6 is 11.8 Å². The number of carbonyl (C=O) groups is 3. The molecule has 34 heavy (non-hydrogen) atoms. The largest absolute Gasteiger partial charge is 0.466 e. The van der Waals surface area contributed by atoms with Crippen molar-refractivity contribution in [3.05, 3.63) is 47.5 Å². The Kier molecular flexibility index (Phi) is 13.0. The second kappa shape index (κ2) is 15.7. The quantitative estimate of drug-likeness (QED) is 0.208. The SMILES string of the molecule is Cc1cccc(C[C@H](O)/C=C/[C@H]2CCC(=O)N2CCSCCCCOC(=O)CCC(=O)CN)c1. The van der Waals surface area contributed by atoms with Crippen LogP contribution in [0.5, 0.6) is 0 Å². The minimum absolute atomic E-state index is 0.0412. The number of nitrogens with zero attached hydrogens (tertiary/aromatic N) is 1. The Labute approximate surface area is 207 Å². The number of aliphatic hydroxyl groups excluding tert-OH is 1. The van der Waals surface area contributed by atoms with Crippen molar-refractivity contribution in [1.29, 1.82) is 0 Å². The van der Waals surface area contributed by atoms with Crippen molar-refractivity contribution in [2.75, 3.05) is 31.2 Å². The predicted molar refractivity (Wildman–Crippen MR) is 136 cm³/mol. The molecule has 2 atom stereocenters. The highest BCUT2D eigenvalue weighted by molar-refractivity contribution is 7.99. The molecule has 2 rings (SSSR count). The molecule has 0 bridgehead atoms. The van der Waals surface area contributed by atoms with E-state index in [1.165, 1.54) is 5.56 Å². The number of carbonyl (C=O) groups excluding carboxylic acids is 3. The number of likely N-dealkylation sites (tertiary alicyclic amines) is 1. The van der Waals surface area contributed by atoms with E-state index < -0.39 is 6.10 Å². The molecule has 1 saturated heterocycles. The second-order valence-corrected chi connectivity index (χ2v) is 9.85. The fraction of sp³-hybridized carbons (Fsp3) is 0.577. The first kappa shape index (κ1) is 28.1. The Morgan fingerprint density at radius 2 is 2.12 bits per heavy atom. The van der Waals surface area contributed by atoms with Crippen LogP contribution < -0.4 is 5.73 Å². The summed E-state index contributed by atoms with van der Waals surface area (Å²) in [7, 11) is 0. The van der Waals surface area contributed by atoms with E-state index in [-0.39, 0.29) is 43.1 Å². The smallest absolute Gasteiger partial charge is 0.306 e. The Morgan fingerprint density at radius 1 is 1.29 bits per heavy atom. The molecule has 0 unspecified atom stereocenters.